The van der Waals surface area contributed by atoms with Crippen LogP contribution in [0.15, 0.2) is 48.8 Å². The predicted octanol–water partition coefficient (Wildman–Crippen LogP) is 3.84. The van der Waals surface area contributed by atoms with Crippen LogP contribution in [-0.2, 0) is 6.42 Å². The van der Waals surface area contributed by atoms with E-state index >= 15 is 0 Å². The summed E-state index contributed by atoms with van der Waals surface area (Å²) in [5.74, 6) is 0.570. The van der Waals surface area contributed by atoms with E-state index < -0.39 is 0 Å². The molecule has 0 amide bonds. The molecule has 0 spiro atoms. The van der Waals surface area contributed by atoms with Gasteiger partial charge in [0, 0.05) is 18.4 Å². The van der Waals surface area contributed by atoms with E-state index in [0.717, 1.165) is 12.8 Å². The molecule has 2 N–H and O–H groups in total. The Morgan fingerprint density at radius 1 is 1.05 bits per heavy atom. The first kappa shape index (κ1) is 13.8. The molecule has 0 aliphatic rings. The lowest BCUT2D eigenvalue weighted by Gasteiger charge is -2.13. The molecular weight excluding hydrogens is 232 g/mol. The molecule has 2 rings (SSSR count). The van der Waals surface area contributed by atoms with E-state index in [0.29, 0.717) is 5.92 Å². The molecule has 2 heteroatoms. The van der Waals surface area contributed by atoms with Crippen molar-refractivity contribution < 1.29 is 0 Å². The number of aryl methyl sites for hydroxylation is 1. The van der Waals surface area contributed by atoms with E-state index in [4.69, 9.17) is 5.73 Å². The summed E-state index contributed by atoms with van der Waals surface area (Å²) < 4.78 is 0. The molecule has 2 aromatic rings. The lowest BCUT2D eigenvalue weighted by atomic mass is 9.96. The smallest absolute Gasteiger partial charge is 0.0299 e. The molecular formula is C17H22N2. The lowest BCUT2D eigenvalue weighted by molar-refractivity contribution is 0.650. The molecule has 1 heterocycles. The van der Waals surface area contributed by atoms with Crippen LogP contribution >= 0.6 is 0 Å². The van der Waals surface area contributed by atoms with Crippen LogP contribution in [0.2, 0.25) is 0 Å². The van der Waals surface area contributed by atoms with Crippen LogP contribution in [0.5, 0.6) is 0 Å². The molecule has 0 bridgehead atoms. The van der Waals surface area contributed by atoms with Crippen LogP contribution in [0.3, 0.4) is 0 Å². The van der Waals surface area contributed by atoms with Crippen molar-refractivity contribution in [1.82, 2.24) is 4.98 Å². The molecule has 1 aromatic heterocycles. The number of nitrogens with zero attached hydrogens (tertiary/aromatic N) is 1. The number of hydrogen-bond donors (Lipinski definition) is 1. The van der Waals surface area contributed by atoms with Crippen LogP contribution in [0, 0.1) is 0 Å². The summed E-state index contributed by atoms with van der Waals surface area (Å²) in [7, 11) is 0. The van der Waals surface area contributed by atoms with E-state index in [1.165, 1.54) is 16.7 Å². The minimum absolute atomic E-state index is 0.0985. The van der Waals surface area contributed by atoms with Gasteiger partial charge in [0.2, 0.25) is 0 Å². The Hall–Kier alpha value is -1.67. The Labute approximate surface area is 115 Å². The van der Waals surface area contributed by atoms with Crippen molar-refractivity contribution in [2.75, 3.05) is 0 Å². The van der Waals surface area contributed by atoms with Gasteiger partial charge in [0.15, 0.2) is 0 Å². The van der Waals surface area contributed by atoms with Gasteiger partial charge in [0.25, 0.3) is 0 Å². The number of nitrogens with two attached hydrogens (primary N) is 1. The second-order valence-electron chi connectivity index (χ2n) is 5.33. The molecule has 0 radical (unpaired) electrons. The number of rotatable bonds is 5. The van der Waals surface area contributed by atoms with E-state index in [-0.39, 0.29) is 6.04 Å². The van der Waals surface area contributed by atoms with Crippen molar-refractivity contribution in [3.05, 3.63) is 65.5 Å². The molecule has 1 atom stereocenters. The molecule has 0 aliphatic heterocycles. The Kier molecular flexibility index (Phi) is 4.69. The maximum Gasteiger partial charge on any atom is 0.0299 e. The summed E-state index contributed by atoms with van der Waals surface area (Å²) >= 11 is 0. The highest BCUT2D eigenvalue weighted by Gasteiger charge is 2.07. The van der Waals surface area contributed by atoms with Crippen molar-refractivity contribution >= 4 is 0 Å². The predicted molar refractivity (Wildman–Crippen MR) is 80.0 cm³/mol. The zero-order chi connectivity index (χ0) is 13.7. The van der Waals surface area contributed by atoms with Gasteiger partial charge in [-0.15, -0.1) is 0 Å². The Morgan fingerprint density at radius 2 is 1.74 bits per heavy atom. The van der Waals surface area contributed by atoms with Gasteiger partial charge in [-0.25, -0.2) is 0 Å². The summed E-state index contributed by atoms with van der Waals surface area (Å²) in [4.78, 5) is 4.13. The van der Waals surface area contributed by atoms with Crippen molar-refractivity contribution in [2.45, 2.75) is 38.6 Å². The monoisotopic (exact) mass is 254 g/mol. The molecule has 19 heavy (non-hydrogen) atoms. The number of aromatic nitrogens is 1. The van der Waals surface area contributed by atoms with Gasteiger partial charge in [-0.1, -0.05) is 44.2 Å². The molecule has 100 valence electrons. The highest BCUT2D eigenvalue weighted by molar-refractivity contribution is 5.26. The fourth-order valence-corrected chi connectivity index (χ4v) is 2.16. The first-order valence-corrected chi connectivity index (χ1v) is 6.91. The second-order valence-corrected chi connectivity index (χ2v) is 5.33. The summed E-state index contributed by atoms with van der Waals surface area (Å²) in [6, 6.07) is 12.8. The van der Waals surface area contributed by atoms with Gasteiger partial charge in [-0.2, -0.15) is 0 Å². The Balaban J connectivity index is 1.94. The molecule has 0 saturated carbocycles. The van der Waals surface area contributed by atoms with Crippen LogP contribution in [0.1, 0.15) is 48.9 Å². The van der Waals surface area contributed by atoms with E-state index in [2.05, 4.69) is 49.2 Å². The summed E-state index contributed by atoms with van der Waals surface area (Å²) in [5, 5.41) is 0. The zero-order valence-electron chi connectivity index (χ0n) is 11.7. The Morgan fingerprint density at radius 3 is 2.32 bits per heavy atom. The lowest BCUT2D eigenvalue weighted by Crippen LogP contribution is -2.11. The second kappa shape index (κ2) is 6.48. The minimum Gasteiger partial charge on any atom is -0.324 e. The summed E-state index contributed by atoms with van der Waals surface area (Å²) in [6.45, 7) is 4.41. The highest BCUT2D eigenvalue weighted by Crippen LogP contribution is 2.20. The molecule has 0 aliphatic carbocycles. The van der Waals surface area contributed by atoms with Crippen LogP contribution < -0.4 is 5.73 Å². The highest BCUT2D eigenvalue weighted by atomic mass is 14.6. The SMILES string of the molecule is CC(C)c1ccc(C(N)CCc2cccnc2)cc1. The quantitative estimate of drug-likeness (QED) is 0.880. The average Bonchev–Trinajstić information content (AvgIpc) is 2.46. The van der Waals surface area contributed by atoms with Crippen molar-refractivity contribution in [3.8, 4) is 0 Å². The summed E-state index contributed by atoms with van der Waals surface area (Å²) in [5.41, 5.74) is 10.1. The van der Waals surface area contributed by atoms with Gasteiger partial charge in [-0.3, -0.25) is 4.98 Å². The van der Waals surface area contributed by atoms with E-state index in [9.17, 15) is 0 Å². The van der Waals surface area contributed by atoms with Crippen molar-refractivity contribution in [2.24, 2.45) is 5.73 Å². The van der Waals surface area contributed by atoms with Crippen LogP contribution in [-0.4, -0.2) is 4.98 Å². The molecule has 1 unspecified atom stereocenters. The largest absolute Gasteiger partial charge is 0.324 e. The normalized spacial score (nSPS) is 12.6. The maximum absolute atomic E-state index is 6.25. The fraction of sp³-hybridized carbons (Fsp3) is 0.353. The topological polar surface area (TPSA) is 38.9 Å². The van der Waals surface area contributed by atoms with Gasteiger partial charge in [-0.05, 0) is 41.5 Å². The van der Waals surface area contributed by atoms with Crippen LogP contribution in [0.4, 0.5) is 0 Å². The third-order valence-electron chi connectivity index (χ3n) is 3.50. The average molecular weight is 254 g/mol. The minimum atomic E-state index is 0.0985. The van der Waals surface area contributed by atoms with E-state index in [1.54, 1.807) is 6.20 Å². The molecule has 0 saturated heterocycles. The zero-order valence-corrected chi connectivity index (χ0v) is 11.7. The van der Waals surface area contributed by atoms with Gasteiger partial charge in [0.1, 0.15) is 0 Å². The van der Waals surface area contributed by atoms with Crippen LogP contribution in [0.25, 0.3) is 0 Å². The van der Waals surface area contributed by atoms with E-state index in [1.807, 2.05) is 12.3 Å². The van der Waals surface area contributed by atoms with Crippen molar-refractivity contribution in [3.63, 3.8) is 0 Å². The number of hydrogen-bond acceptors (Lipinski definition) is 2. The van der Waals surface area contributed by atoms with Gasteiger partial charge < -0.3 is 5.73 Å². The van der Waals surface area contributed by atoms with Crippen molar-refractivity contribution in [1.29, 1.82) is 0 Å². The fourth-order valence-electron chi connectivity index (χ4n) is 2.16. The maximum atomic E-state index is 6.25. The third-order valence-corrected chi connectivity index (χ3v) is 3.50. The molecule has 1 aromatic carbocycles. The number of pyridine rings is 1. The Bertz CT molecular complexity index is 488. The first-order valence-electron chi connectivity index (χ1n) is 6.91. The number of benzene rings is 1. The standard InChI is InChI=1S/C17H22N2/c1-13(2)15-6-8-16(9-7-15)17(18)10-5-14-4-3-11-19-12-14/h3-4,6-9,11-13,17H,5,10,18H2,1-2H3. The van der Waals surface area contributed by atoms with Gasteiger partial charge >= 0.3 is 0 Å². The molecule has 2 nitrogen and oxygen atoms in total. The third kappa shape index (κ3) is 3.90. The summed E-state index contributed by atoms with van der Waals surface area (Å²) in [6.07, 6.45) is 5.64. The first-order chi connectivity index (χ1) is 9.16. The van der Waals surface area contributed by atoms with Gasteiger partial charge in [0.05, 0.1) is 0 Å². The molecule has 0 fully saturated rings.